The molecule has 134 valence electrons. The van der Waals surface area contributed by atoms with Crippen LogP contribution in [0.15, 0.2) is 51.8 Å². The highest BCUT2D eigenvalue weighted by Crippen LogP contribution is 2.29. The molecular weight excluding hydrogens is 332 g/mol. The van der Waals surface area contributed by atoms with Gasteiger partial charge in [0.25, 0.3) is 0 Å². The van der Waals surface area contributed by atoms with Crippen LogP contribution >= 0.6 is 0 Å². The maximum atomic E-state index is 12.5. The Morgan fingerprint density at radius 1 is 1.19 bits per heavy atom. The number of aryl methyl sites for hydroxylation is 1. The molecule has 1 fully saturated rings. The Balaban J connectivity index is 1.67. The topological polar surface area (TPSA) is 64.8 Å². The molecule has 1 aliphatic rings. The molecule has 0 atom stereocenters. The van der Waals surface area contributed by atoms with E-state index in [1.165, 1.54) is 0 Å². The molecule has 1 aliphatic heterocycles. The van der Waals surface area contributed by atoms with E-state index in [2.05, 4.69) is 4.98 Å². The second kappa shape index (κ2) is 7.17. The van der Waals surface area contributed by atoms with E-state index in [4.69, 9.17) is 13.9 Å². The SMILES string of the molecule is Cc1c(OCc2ccccn2)ccc2c(=O)cc(N3CCOCC3)oc12. The summed E-state index contributed by atoms with van der Waals surface area (Å²) < 4.78 is 17.3. The summed E-state index contributed by atoms with van der Waals surface area (Å²) in [6.45, 7) is 4.96. The van der Waals surface area contributed by atoms with E-state index in [1.807, 2.05) is 36.1 Å². The zero-order valence-corrected chi connectivity index (χ0v) is 14.6. The molecule has 0 unspecified atom stereocenters. The second-order valence-corrected chi connectivity index (χ2v) is 6.22. The molecule has 0 radical (unpaired) electrons. The smallest absolute Gasteiger partial charge is 0.200 e. The Hall–Kier alpha value is -2.86. The van der Waals surface area contributed by atoms with Crippen molar-refractivity contribution in [2.45, 2.75) is 13.5 Å². The van der Waals surface area contributed by atoms with Crippen LogP contribution in [0.5, 0.6) is 5.75 Å². The third-order valence-electron chi connectivity index (χ3n) is 4.51. The van der Waals surface area contributed by atoms with Crippen molar-refractivity contribution < 1.29 is 13.9 Å². The quantitative estimate of drug-likeness (QED) is 0.719. The van der Waals surface area contributed by atoms with Crippen LogP contribution in [0.2, 0.25) is 0 Å². The molecule has 6 heteroatoms. The molecule has 2 aromatic heterocycles. The summed E-state index contributed by atoms with van der Waals surface area (Å²) in [5.41, 5.74) is 2.17. The fraction of sp³-hybridized carbons (Fsp3) is 0.300. The lowest BCUT2D eigenvalue weighted by atomic mass is 10.1. The minimum Gasteiger partial charge on any atom is -0.487 e. The maximum Gasteiger partial charge on any atom is 0.200 e. The van der Waals surface area contributed by atoms with Gasteiger partial charge < -0.3 is 18.8 Å². The van der Waals surface area contributed by atoms with Crippen LogP contribution in [0.1, 0.15) is 11.3 Å². The average molecular weight is 352 g/mol. The van der Waals surface area contributed by atoms with Crippen molar-refractivity contribution in [3.05, 3.63) is 64.1 Å². The van der Waals surface area contributed by atoms with Gasteiger partial charge in [-0.05, 0) is 31.2 Å². The van der Waals surface area contributed by atoms with Gasteiger partial charge in [-0.1, -0.05) is 6.07 Å². The van der Waals surface area contributed by atoms with Crippen LogP contribution in [0.3, 0.4) is 0 Å². The fourth-order valence-electron chi connectivity index (χ4n) is 3.05. The van der Waals surface area contributed by atoms with Gasteiger partial charge in [-0.2, -0.15) is 0 Å². The molecule has 0 bridgehead atoms. The number of aromatic nitrogens is 1. The predicted octanol–water partition coefficient (Wildman–Crippen LogP) is 2.91. The van der Waals surface area contributed by atoms with Crippen molar-refractivity contribution in [3.63, 3.8) is 0 Å². The van der Waals surface area contributed by atoms with Gasteiger partial charge in [-0.25, -0.2) is 0 Å². The van der Waals surface area contributed by atoms with Crippen LogP contribution in [0, 0.1) is 6.92 Å². The Kier molecular flexibility index (Phi) is 4.58. The first kappa shape index (κ1) is 16.6. The van der Waals surface area contributed by atoms with Gasteiger partial charge in [-0.3, -0.25) is 9.78 Å². The standard InChI is InChI=1S/C20H20N2O4/c1-14-18(25-13-15-4-2-3-7-21-15)6-5-16-17(23)12-19(26-20(14)16)22-8-10-24-11-9-22/h2-7,12H,8-11,13H2,1H3. The van der Waals surface area contributed by atoms with E-state index < -0.39 is 0 Å². The number of hydrogen-bond acceptors (Lipinski definition) is 6. The Bertz CT molecular complexity index is 963. The molecule has 1 saturated heterocycles. The lowest BCUT2D eigenvalue weighted by molar-refractivity contribution is 0.121. The van der Waals surface area contributed by atoms with Gasteiger partial charge in [-0.15, -0.1) is 0 Å². The van der Waals surface area contributed by atoms with Crippen molar-refractivity contribution in [2.24, 2.45) is 0 Å². The number of nitrogens with zero attached hydrogens (tertiary/aromatic N) is 2. The lowest BCUT2D eigenvalue weighted by Crippen LogP contribution is -2.36. The number of anilines is 1. The molecule has 0 saturated carbocycles. The summed E-state index contributed by atoms with van der Waals surface area (Å²) in [6, 6.07) is 10.8. The zero-order valence-electron chi connectivity index (χ0n) is 14.6. The fourth-order valence-corrected chi connectivity index (χ4v) is 3.05. The largest absolute Gasteiger partial charge is 0.487 e. The minimum absolute atomic E-state index is 0.0490. The van der Waals surface area contributed by atoms with Crippen molar-refractivity contribution in [3.8, 4) is 5.75 Å². The highest BCUT2D eigenvalue weighted by Gasteiger charge is 2.17. The third-order valence-corrected chi connectivity index (χ3v) is 4.51. The van der Waals surface area contributed by atoms with Crippen molar-refractivity contribution in [1.29, 1.82) is 0 Å². The van der Waals surface area contributed by atoms with Crippen LogP contribution in [0.25, 0.3) is 11.0 Å². The van der Waals surface area contributed by atoms with E-state index in [-0.39, 0.29) is 5.43 Å². The third kappa shape index (κ3) is 3.28. The van der Waals surface area contributed by atoms with Crippen LogP contribution in [-0.2, 0) is 11.3 Å². The molecular formula is C20H20N2O4. The minimum atomic E-state index is -0.0490. The summed E-state index contributed by atoms with van der Waals surface area (Å²) in [5, 5.41) is 0.560. The maximum absolute atomic E-state index is 12.5. The molecule has 0 amide bonds. The molecule has 6 nitrogen and oxygen atoms in total. The molecule has 3 aromatic rings. The number of benzene rings is 1. The van der Waals surface area contributed by atoms with E-state index >= 15 is 0 Å². The van der Waals surface area contributed by atoms with Crippen LogP contribution in [-0.4, -0.2) is 31.3 Å². The van der Waals surface area contributed by atoms with E-state index in [9.17, 15) is 4.79 Å². The first-order valence-electron chi connectivity index (χ1n) is 8.65. The summed E-state index contributed by atoms with van der Waals surface area (Å²) in [7, 11) is 0. The first-order chi connectivity index (χ1) is 12.7. The molecule has 0 spiro atoms. The van der Waals surface area contributed by atoms with Crippen molar-refractivity contribution in [2.75, 3.05) is 31.2 Å². The lowest BCUT2D eigenvalue weighted by Gasteiger charge is -2.27. The van der Waals surface area contributed by atoms with E-state index in [0.717, 1.165) is 11.3 Å². The van der Waals surface area contributed by atoms with Crippen molar-refractivity contribution >= 4 is 16.9 Å². The summed E-state index contributed by atoms with van der Waals surface area (Å²) in [6.07, 6.45) is 1.74. The van der Waals surface area contributed by atoms with Gasteiger partial charge in [0.1, 0.15) is 17.9 Å². The number of pyridine rings is 1. The highest BCUT2D eigenvalue weighted by molar-refractivity contribution is 5.82. The highest BCUT2D eigenvalue weighted by atomic mass is 16.5. The van der Waals surface area contributed by atoms with Crippen LogP contribution in [0.4, 0.5) is 5.88 Å². The van der Waals surface area contributed by atoms with Gasteiger partial charge in [0.15, 0.2) is 11.3 Å². The molecule has 4 rings (SSSR count). The zero-order chi connectivity index (χ0) is 17.9. The Morgan fingerprint density at radius 2 is 2.04 bits per heavy atom. The monoisotopic (exact) mass is 352 g/mol. The number of hydrogen-bond donors (Lipinski definition) is 0. The van der Waals surface area contributed by atoms with Crippen LogP contribution < -0.4 is 15.1 Å². The number of ether oxygens (including phenoxy) is 2. The molecule has 3 heterocycles. The number of rotatable bonds is 4. The first-order valence-corrected chi connectivity index (χ1v) is 8.65. The Labute approximate surface area is 151 Å². The predicted molar refractivity (Wildman–Crippen MR) is 98.8 cm³/mol. The molecule has 0 aliphatic carbocycles. The van der Waals surface area contributed by atoms with E-state index in [0.29, 0.717) is 55.5 Å². The Morgan fingerprint density at radius 3 is 2.81 bits per heavy atom. The second-order valence-electron chi connectivity index (χ2n) is 6.22. The average Bonchev–Trinajstić information content (AvgIpc) is 2.69. The molecule has 1 aromatic carbocycles. The summed E-state index contributed by atoms with van der Waals surface area (Å²) >= 11 is 0. The normalized spacial score (nSPS) is 14.6. The number of fused-ring (bicyclic) bond motifs is 1. The van der Waals surface area contributed by atoms with Crippen molar-refractivity contribution in [1.82, 2.24) is 4.98 Å². The van der Waals surface area contributed by atoms with Gasteiger partial charge >= 0.3 is 0 Å². The summed E-state index contributed by atoms with van der Waals surface area (Å²) in [4.78, 5) is 18.8. The van der Waals surface area contributed by atoms with Gasteiger partial charge in [0, 0.05) is 30.9 Å². The molecule has 0 N–H and O–H groups in total. The van der Waals surface area contributed by atoms with Gasteiger partial charge in [0.2, 0.25) is 0 Å². The van der Waals surface area contributed by atoms with Gasteiger partial charge in [0.05, 0.1) is 24.3 Å². The summed E-state index contributed by atoms with van der Waals surface area (Å²) in [5.74, 6) is 1.27. The number of morpholine rings is 1. The molecule has 26 heavy (non-hydrogen) atoms. The van der Waals surface area contributed by atoms with E-state index in [1.54, 1.807) is 18.3 Å².